The summed E-state index contributed by atoms with van der Waals surface area (Å²) in [6, 6.07) is 3.33. The van der Waals surface area contributed by atoms with Crippen LogP contribution in [0.3, 0.4) is 0 Å². The second-order valence-electron chi connectivity index (χ2n) is 7.19. The molecule has 2 atom stereocenters. The van der Waals surface area contributed by atoms with Crippen molar-refractivity contribution in [2.75, 3.05) is 13.1 Å². The van der Waals surface area contributed by atoms with E-state index in [0.717, 1.165) is 0 Å². The molecule has 0 spiro atoms. The SMILES string of the molecule is Cc1c(C(=O)N2CC3CC(C2)C3(F)F)cnn1-c1nn2cccc2c(=O)[nH]1. The van der Waals surface area contributed by atoms with Gasteiger partial charge in [0.15, 0.2) is 0 Å². The first-order valence-corrected chi connectivity index (χ1v) is 8.66. The molecule has 1 N–H and O–H groups in total. The monoisotopic (exact) mass is 374 g/mol. The molecular formula is C17H16F2N6O2. The predicted octanol–water partition coefficient (Wildman–Crippen LogP) is 1.24. The van der Waals surface area contributed by atoms with Gasteiger partial charge >= 0.3 is 0 Å². The number of aromatic amines is 1. The van der Waals surface area contributed by atoms with Crippen molar-refractivity contribution >= 4 is 11.4 Å². The summed E-state index contributed by atoms with van der Waals surface area (Å²) in [5, 5.41) is 8.46. The Kier molecular flexibility index (Phi) is 3.14. The van der Waals surface area contributed by atoms with Gasteiger partial charge in [-0.1, -0.05) is 0 Å². The van der Waals surface area contributed by atoms with Crippen LogP contribution in [0.15, 0.2) is 29.3 Å². The molecule has 3 fully saturated rings. The van der Waals surface area contributed by atoms with E-state index in [-0.39, 0.29) is 30.5 Å². The zero-order valence-corrected chi connectivity index (χ0v) is 14.4. The zero-order chi connectivity index (χ0) is 18.9. The van der Waals surface area contributed by atoms with E-state index in [9.17, 15) is 18.4 Å². The number of H-pyrrole nitrogens is 1. The van der Waals surface area contributed by atoms with E-state index in [1.54, 1.807) is 25.3 Å². The molecule has 0 aromatic carbocycles. The highest BCUT2D eigenvalue weighted by molar-refractivity contribution is 5.95. The summed E-state index contributed by atoms with van der Waals surface area (Å²) in [7, 11) is 0. The molecule has 6 rings (SSSR count). The van der Waals surface area contributed by atoms with Crippen LogP contribution in [0.1, 0.15) is 22.5 Å². The summed E-state index contributed by atoms with van der Waals surface area (Å²) < 4.78 is 30.3. The molecule has 3 aliphatic rings. The summed E-state index contributed by atoms with van der Waals surface area (Å²) in [6.45, 7) is 1.79. The first kappa shape index (κ1) is 16.2. The highest BCUT2D eigenvalue weighted by Gasteiger charge is 2.61. The molecular weight excluding hydrogens is 358 g/mol. The van der Waals surface area contributed by atoms with Gasteiger partial charge in [0.25, 0.3) is 17.4 Å². The number of piperidine rings is 2. The van der Waals surface area contributed by atoms with Crippen molar-refractivity contribution in [2.24, 2.45) is 11.8 Å². The van der Waals surface area contributed by atoms with Crippen LogP contribution < -0.4 is 5.56 Å². The largest absolute Gasteiger partial charge is 0.338 e. The van der Waals surface area contributed by atoms with Gasteiger partial charge in [0.2, 0.25) is 5.95 Å². The van der Waals surface area contributed by atoms with Crippen LogP contribution >= 0.6 is 0 Å². The van der Waals surface area contributed by atoms with Gasteiger partial charge in [0.05, 0.1) is 17.5 Å². The molecule has 1 aliphatic carbocycles. The summed E-state index contributed by atoms with van der Waals surface area (Å²) in [5.41, 5.74) is 0.870. The highest BCUT2D eigenvalue weighted by Crippen LogP contribution is 2.52. The third-order valence-corrected chi connectivity index (χ3v) is 5.66. The van der Waals surface area contributed by atoms with Gasteiger partial charge in [-0.05, 0) is 25.5 Å². The van der Waals surface area contributed by atoms with Gasteiger partial charge in [-0.15, -0.1) is 5.10 Å². The summed E-state index contributed by atoms with van der Waals surface area (Å²) in [4.78, 5) is 29.0. The number of fused-ring (bicyclic) bond motifs is 3. The molecule has 1 amide bonds. The van der Waals surface area contributed by atoms with Crippen LogP contribution in [0.4, 0.5) is 8.78 Å². The van der Waals surface area contributed by atoms with Gasteiger partial charge in [-0.3, -0.25) is 14.6 Å². The standard InChI is InChI=1S/C17H16F2N6O2/c1-9-12(15(27)23-7-10-5-11(8-23)17(10,18)19)6-20-25(9)16-21-14(26)13-3-2-4-24(13)22-16/h2-4,6,10-11H,5,7-8H2,1H3,(H,21,22,26). The number of rotatable bonds is 2. The average molecular weight is 374 g/mol. The molecule has 2 bridgehead atoms. The predicted molar refractivity (Wildman–Crippen MR) is 90.1 cm³/mol. The second-order valence-corrected chi connectivity index (χ2v) is 7.19. The van der Waals surface area contributed by atoms with Crippen LogP contribution in [-0.4, -0.2) is 54.2 Å². The molecule has 5 heterocycles. The fourth-order valence-electron chi connectivity index (χ4n) is 4.03. The van der Waals surface area contributed by atoms with Crippen molar-refractivity contribution in [3.05, 3.63) is 46.1 Å². The Morgan fingerprint density at radius 3 is 2.78 bits per heavy atom. The normalized spacial score (nSPS) is 23.4. The van der Waals surface area contributed by atoms with Gasteiger partial charge < -0.3 is 4.90 Å². The lowest BCUT2D eigenvalue weighted by molar-refractivity contribution is -0.219. The number of amides is 1. The summed E-state index contributed by atoms with van der Waals surface area (Å²) >= 11 is 0. The number of alkyl halides is 2. The van der Waals surface area contributed by atoms with Crippen molar-refractivity contribution in [2.45, 2.75) is 19.3 Å². The topological polar surface area (TPSA) is 88.3 Å². The fourth-order valence-corrected chi connectivity index (χ4v) is 4.03. The molecule has 3 aromatic rings. The van der Waals surface area contributed by atoms with Crippen LogP contribution in [0.5, 0.6) is 0 Å². The first-order chi connectivity index (χ1) is 12.9. The maximum absolute atomic E-state index is 13.7. The van der Waals surface area contributed by atoms with Crippen LogP contribution in [0, 0.1) is 18.8 Å². The molecule has 10 heteroatoms. The lowest BCUT2D eigenvalue weighted by Crippen LogP contribution is -2.63. The molecule has 2 unspecified atom stereocenters. The van der Waals surface area contributed by atoms with Crippen molar-refractivity contribution < 1.29 is 13.6 Å². The number of hydrogen-bond donors (Lipinski definition) is 1. The minimum Gasteiger partial charge on any atom is -0.338 e. The Labute approximate surface area is 151 Å². The molecule has 0 radical (unpaired) electrons. The van der Waals surface area contributed by atoms with Crippen molar-refractivity contribution in [3.8, 4) is 5.95 Å². The van der Waals surface area contributed by atoms with Gasteiger partial charge in [-0.25, -0.2) is 18.0 Å². The average Bonchev–Trinajstić information content (AvgIpc) is 3.27. The van der Waals surface area contributed by atoms with Gasteiger partial charge in [0, 0.05) is 31.1 Å². The zero-order valence-electron chi connectivity index (χ0n) is 14.4. The Morgan fingerprint density at radius 2 is 2.07 bits per heavy atom. The van der Waals surface area contributed by atoms with E-state index in [0.29, 0.717) is 23.2 Å². The number of carbonyl (C=O) groups is 1. The third-order valence-electron chi connectivity index (χ3n) is 5.66. The number of nitrogens with zero attached hydrogens (tertiary/aromatic N) is 5. The number of nitrogens with one attached hydrogen (secondary N) is 1. The van der Waals surface area contributed by atoms with Crippen LogP contribution in [0.25, 0.3) is 11.5 Å². The molecule has 3 aromatic heterocycles. The fraction of sp³-hybridized carbons (Fsp3) is 0.412. The van der Waals surface area contributed by atoms with Crippen LogP contribution in [0.2, 0.25) is 0 Å². The lowest BCUT2D eigenvalue weighted by Gasteiger charge is -2.52. The lowest BCUT2D eigenvalue weighted by atomic mass is 9.67. The maximum atomic E-state index is 13.7. The van der Waals surface area contributed by atoms with Crippen molar-refractivity contribution in [1.82, 2.24) is 29.3 Å². The Hall–Kier alpha value is -3.04. The molecule has 2 saturated heterocycles. The third kappa shape index (κ3) is 2.18. The van der Waals surface area contributed by atoms with E-state index < -0.39 is 17.8 Å². The molecule has 1 saturated carbocycles. The Morgan fingerprint density at radius 1 is 1.33 bits per heavy atom. The highest BCUT2D eigenvalue weighted by atomic mass is 19.3. The molecule has 2 aliphatic heterocycles. The number of aromatic nitrogens is 5. The number of halogens is 2. The smallest absolute Gasteiger partial charge is 0.276 e. The van der Waals surface area contributed by atoms with Gasteiger partial charge in [0.1, 0.15) is 5.52 Å². The van der Waals surface area contributed by atoms with E-state index in [1.807, 2.05) is 0 Å². The van der Waals surface area contributed by atoms with Crippen LogP contribution in [-0.2, 0) is 0 Å². The van der Waals surface area contributed by atoms with Gasteiger partial charge in [-0.2, -0.15) is 5.10 Å². The molecule has 140 valence electrons. The number of carbonyl (C=O) groups excluding carboxylic acids is 1. The molecule has 27 heavy (non-hydrogen) atoms. The molecule has 8 nitrogen and oxygen atoms in total. The van der Waals surface area contributed by atoms with E-state index >= 15 is 0 Å². The van der Waals surface area contributed by atoms with Crippen molar-refractivity contribution in [3.63, 3.8) is 0 Å². The Balaban J connectivity index is 1.46. The van der Waals surface area contributed by atoms with E-state index in [1.165, 1.54) is 20.3 Å². The first-order valence-electron chi connectivity index (χ1n) is 8.66. The summed E-state index contributed by atoms with van der Waals surface area (Å²) in [6.07, 6.45) is 3.49. The minimum absolute atomic E-state index is 0.0529. The van der Waals surface area contributed by atoms with Crippen molar-refractivity contribution in [1.29, 1.82) is 0 Å². The minimum atomic E-state index is -2.66. The summed E-state index contributed by atoms with van der Waals surface area (Å²) in [5.74, 6) is -4.33. The Bertz CT molecular complexity index is 1120. The van der Waals surface area contributed by atoms with E-state index in [4.69, 9.17) is 0 Å². The van der Waals surface area contributed by atoms with E-state index in [2.05, 4.69) is 15.2 Å². The maximum Gasteiger partial charge on any atom is 0.276 e. The quantitative estimate of drug-likeness (QED) is 0.731. The number of hydrogen-bond acceptors (Lipinski definition) is 4. The second kappa shape index (κ2) is 5.24.